The average molecular weight is 311 g/mol. The van der Waals surface area contributed by atoms with Crippen LogP contribution in [0.25, 0.3) is 0 Å². The summed E-state index contributed by atoms with van der Waals surface area (Å²) in [4.78, 5) is 25.1. The molecule has 0 saturated carbocycles. The fourth-order valence-electron chi connectivity index (χ4n) is 2.23. The lowest BCUT2D eigenvalue weighted by molar-refractivity contribution is -0.118. The zero-order valence-electron chi connectivity index (χ0n) is 13.5. The fraction of sp³-hybridized carbons (Fsp3) is 0.222. The topological polar surface area (TPSA) is 61.4 Å². The van der Waals surface area contributed by atoms with E-state index in [2.05, 4.69) is 10.6 Å². The van der Waals surface area contributed by atoms with Crippen molar-refractivity contribution in [1.82, 2.24) is 0 Å². The Kier molecular flexibility index (Phi) is 5.36. The molecule has 2 aromatic rings. The van der Waals surface area contributed by atoms with Crippen LogP contribution in [0.15, 0.2) is 54.6 Å². The molecule has 0 heterocycles. The second kappa shape index (κ2) is 7.45. The predicted molar refractivity (Wildman–Crippen MR) is 93.7 cm³/mol. The van der Waals surface area contributed by atoms with Gasteiger partial charge in [0, 0.05) is 31.0 Å². The van der Waals surface area contributed by atoms with Crippen molar-refractivity contribution in [3.05, 3.63) is 54.6 Å². The first kappa shape index (κ1) is 16.5. The molecule has 2 N–H and O–H groups in total. The van der Waals surface area contributed by atoms with E-state index < -0.39 is 0 Å². The molecule has 1 atom stereocenters. The van der Waals surface area contributed by atoms with Crippen LogP contribution in [0.2, 0.25) is 0 Å². The highest BCUT2D eigenvalue weighted by atomic mass is 16.2. The van der Waals surface area contributed by atoms with Crippen molar-refractivity contribution in [1.29, 1.82) is 0 Å². The molecular weight excluding hydrogens is 290 g/mol. The molecule has 2 rings (SSSR count). The van der Waals surface area contributed by atoms with E-state index in [4.69, 9.17) is 0 Å². The van der Waals surface area contributed by atoms with Gasteiger partial charge >= 0.3 is 0 Å². The molecule has 0 aliphatic rings. The molecule has 0 aliphatic heterocycles. The summed E-state index contributed by atoms with van der Waals surface area (Å²) in [6.07, 6.45) is 0. The number of rotatable bonds is 5. The van der Waals surface area contributed by atoms with Gasteiger partial charge in [-0.2, -0.15) is 0 Å². The number of nitrogens with zero attached hydrogens (tertiary/aromatic N) is 1. The van der Waals surface area contributed by atoms with Crippen LogP contribution in [-0.2, 0) is 9.59 Å². The largest absolute Gasteiger partial charge is 0.374 e. The molecule has 2 amide bonds. The summed E-state index contributed by atoms with van der Waals surface area (Å²) in [5, 5.41) is 5.87. The molecule has 120 valence electrons. The Morgan fingerprint density at radius 1 is 0.957 bits per heavy atom. The second-order valence-electron chi connectivity index (χ2n) is 5.36. The van der Waals surface area contributed by atoms with E-state index in [1.165, 1.54) is 6.92 Å². The first-order valence-corrected chi connectivity index (χ1v) is 7.44. The molecule has 0 bridgehead atoms. The van der Waals surface area contributed by atoms with Crippen LogP contribution in [0.1, 0.15) is 13.8 Å². The average Bonchev–Trinajstić information content (AvgIpc) is 2.55. The Morgan fingerprint density at radius 3 is 2.09 bits per heavy atom. The molecule has 2 aromatic carbocycles. The van der Waals surface area contributed by atoms with Crippen molar-refractivity contribution in [3.8, 4) is 0 Å². The summed E-state index contributed by atoms with van der Waals surface area (Å²) < 4.78 is 0. The van der Waals surface area contributed by atoms with Crippen molar-refractivity contribution in [3.63, 3.8) is 0 Å². The van der Waals surface area contributed by atoms with Gasteiger partial charge in [-0.1, -0.05) is 18.2 Å². The molecule has 0 saturated heterocycles. The first-order chi connectivity index (χ1) is 11.0. The Balaban J connectivity index is 1.99. The summed E-state index contributed by atoms with van der Waals surface area (Å²) in [6, 6.07) is 16.4. The van der Waals surface area contributed by atoms with Crippen LogP contribution in [-0.4, -0.2) is 24.9 Å². The van der Waals surface area contributed by atoms with E-state index in [1.54, 1.807) is 24.1 Å². The van der Waals surface area contributed by atoms with E-state index in [0.29, 0.717) is 0 Å². The van der Waals surface area contributed by atoms with E-state index in [0.717, 1.165) is 17.1 Å². The van der Waals surface area contributed by atoms with Crippen molar-refractivity contribution in [2.45, 2.75) is 19.9 Å². The Morgan fingerprint density at radius 2 is 1.52 bits per heavy atom. The molecule has 0 fully saturated rings. The van der Waals surface area contributed by atoms with Gasteiger partial charge in [-0.3, -0.25) is 9.59 Å². The molecule has 0 unspecified atom stereocenters. The molecule has 0 spiro atoms. The van der Waals surface area contributed by atoms with Crippen molar-refractivity contribution >= 4 is 28.9 Å². The van der Waals surface area contributed by atoms with Crippen LogP contribution in [0.4, 0.5) is 17.1 Å². The zero-order valence-corrected chi connectivity index (χ0v) is 13.5. The van der Waals surface area contributed by atoms with Crippen molar-refractivity contribution in [2.24, 2.45) is 0 Å². The summed E-state index contributed by atoms with van der Waals surface area (Å²) >= 11 is 0. The number of likely N-dealkylation sites (N-methyl/N-ethyl adjacent to an activating group) is 1. The highest BCUT2D eigenvalue weighted by Crippen LogP contribution is 2.17. The number of carbonyl (C=O) groups is 2. The Hall–Kier alpha value is -2.82. The van der Waals surface area contributed by atoms with Gasteiger partial charge in [-0.05, 0) is 43.3 Å². The maximum absolute atomic E-state index is 12.5. The normalized spacial score (nSPS) is 11.4. The number of benzene rings is 2. The Labute approximate surface area is 136 Å². The molecular formula is C18H21N3O2. The summed E-state index contributed by atoms with van der Waals surface area (Å²) in [7, 11) is 1.76. The monoisotopic (exact) mass is 311 g/mol. The number of nitrogens with one attached hydrogen (secondary N) is 2. The third-order valence-electron chi connectivity index (χ3n) is 3.43. The van der Waals surface area contributed by atoms with Gasteiger partial charge in [0.05, 0.1) is 0 Å². The van der Waals surface area contributed by atoms with E-state index in [9.17, 15) is 9.59 Å². The van der Waals surface area contributed by atoms with Crippen LogP contribution in [0.3, 0.4) is 0 Å². The molecule has 5 nitrogen and oxygen atoms in total. The van der Waals surface area contributed by atoms with E-state index in [1.807, 2.05) is 49.4 Å². The van der Waals surface area contributed by atoms with Crippen LogP contribution in [0, 0.1) is 0 Å². The standard InChI is InChI=1S/C18H21N3O2/c1-13(18(23)21(3)17-7-5-4-6-8-17)19-15-9-11-16(12-10-15)20-14(2)22/h4-13,19H,1-3H3,(H,20,22)/t13-/m1/s1. The van der Waals surface area contributed by atoms with Gasteiger partial charge < -0.3 is 15.5 Å². The third kappa shape index (κ3) is 4.57. The SMILES string of the molecule is CC(=O)Nc1ccc(N[C@H](C)C(=O)N(C)c2ccccc2)cc1. The van der Waals surface area contributed by atoms with Gasteiger partial charge in [0.1, 0.15) is 6.04 Å². The lowest BCUT2D eigenvalue weighted by Crippen LogP contribution is -2.39. The number of anilines is 3. The maximum Gasteiger partial charge on any atom is 0.248 e. The molecule has 0 aromatic heterocycles. The van der Waals surface area contributed by atoms with Crippen molar-refractivity contribution < 1.29 is 9.59 Å². The van der Waals surface area contributed by atoms with Gasteiger partial charge in [0.15, 0.2) is 0 Å². The maximum atomic E-state index is 12.5. The minimum atomic E-state index is -0.369. The minimum absolute atomic E-state index is 0.0258. The van der Waals surface area contributed by atoms with Crippen LogP contribution >= 0.6 is 0 Å². The second-order valence-corrected chi connectivity index (χ2v) is 5.36. The highest BCUT2D eigenvalue weighted by Gasteiger charge is 2.18. The fourth-order valence-corrected chi connectivity index (χ4v) is 2.23. The summed E-state index contributed by atoms with van der Waals surface area (Å²) in [5.74, 6) is -0.138. The summed E-state index contributed by atoms with van der Waals surface area (Å²) in [5.41, 5.74) is 2.40. The number of para-hydroxylation sites is 1. The lowest BCUT2D eigenvalue weighted by Gasteiger charge is -2.23. The minimum Gasteiger partial charge on any atom is -0.374 e. The quantitative estimate of drug-likeness (QED) is 0.892. The number of amides is 2. The van der Waals surface area contributed by atoms with Gasteiger partial charge in [0.2, 0.25) is 11.8 Å². The molecule has 5 heteroatoms. The highest BCUT2D eigenvalue weighted by molar-refractivity contribution is 5.98. The zero-order chi connectivity index (χ0) is 16.8. The molecule has 23 heavy (non-hydrogen) atoms. The first-order valence-electron chi connectivity index (χ1n) is 7.44. The van der Waals surface area contributed by atoms with Crippen LogP contribution < -0.4 is 15.5 Å². The lowest BCUT2D eigenvalue weighted by atomic mass is 10.2. The smallest absolute Gasteiger partial charge is 0.248 e. The van der Waals surface area contributed by atoms with Gasteiger partial charge in [-0.15, -0.1) is 0 Å². The summed E-state index contributed by atoms with van der Waals surface area (Å²) in [6.45, 7) is 3.29. The number of hydrogen-bond donors (Lipinski definition) is 2. The molecule has 0 radical (unpaired) electrons. The van der Waals surface area contributed by atoms with Gasteiger partial charge in [0.25, 0.3) is 0 Å². The molecule has 0 aliphatic carbocycles. The number of hydrogen-bond acceptors (Lipinski definition) is 3. The number of carbonyl (C=O) groups excluding carboxylic acids is 2. The van der Waals surface area contributed by atoms with E-state index >= 15 is 0 Å². The van der Waals surface area contributed by atoms with E-state index in [-0.39, 0.29) is 17.9 Å². The third-order valence-corrected chi connectivity index (χ3v) is 3.43. The predicted octanol–water partition coefficient (Wildman–Crippen LogP) is 3.11. The van der Waals surface area contributed by atoms with Crippen molar-refractivity contribution in [2.75, 3.05) is 22.6 Å². The Bertz CT molecular complexity index is 668. The van der Waals surface area contributed by atoms with Crippen LogP contribution in [0.5, 0.6) is 0 Å². The van der Waals surface area contributed by atoms with Gasteiger partial charge in [-0.25, -0.2) is 0 Å².